The third kappa shape index (κ3) is 6.49. The van der Waals surface area contributed by atoms with Crippen LogP contribution < -0.4 is 17.7 Å². The highest BCUT2D eigenvalue weighted by atomic mass is 35.5. The van der Waals surface area contributed by atoms with Crippen LogP contribution in [-0.2, 0) is 25.5 Å². The first-order chi connectivity index (χ1) is 12.9. The number of esters is 1. The number of benzene rings is 1. The van der Waals surface area contributed by atoms with Crippen LogP contribution in [0.1, 0.15) is 40.1 Å². The number of carbonyl (C=O) groups excluding carboxylic acids is 2. The molecule has 28 heavy (non-hydrogen) atoms. The van der Waals surface area contributed by atoms with E-state index in [1.165, 1.54) is 4.90 Å². The van der Waals surface area contributed by atoms with Crippen molar-refractivity contribution in [3.8, 4) is 0 Å². The Kier molecular flexibility index (Phi) is 9.96. The highest BCUT2D eigenvalue weighted by molar-refractivity contribution is 5.88. The van der Waals surface area contributed by atoms with Crippen molar-refractivity contribution in [3.05, 3.63) is 35.9 Å². The number of amides is 1. The zero-order valence-electron chi connectivity index (χ0n) is 17.3. The minimum atomic E-state index is -0.987. The number of aliphatic carboxylic acids is 1. The van der Waals surface area contributed by atoms with Gasteiger partial charge in [0.05, 0.1) is 12.6 Å². The summed E-state index contributed by atoms with van der Waals surface area (Å²) in [5.41, 5.74) is 1.10. The lowest BCUT2D eigenvalue weighted by Crippen LogP contribution is -3.00. The number of aryl methyl sites for hydroxylation is 1. The molecule has 7 nitrogen and oxygen atoms in total. The van der Waals surface area contributed by atoms with Gasteiger partial charge in [0.1, 0.15) is 12.1 Å². The maximum atomic E-state index is 12.7. The highest BCUT2D eigenvalue weighted by Crippen LogP contribution is 2.19. The molecule has 0 saturated carbocycles. The van der Waals surface area contributed by atoms with E-state index < -0.39 is 30.1 Å². The van der Waals surface area contributed by atoms with Gasteiger partial charge >= 0.3 is 13.4 Å². The number of ether oxygens (including phenoxy) is 1. The van der Waals surface area contributed by atoms with Crippen molar-refractivity contribution < 1.29 is 38.1 Å². The average molecular weight is 413 g/mol. The fraction of sp³-hybridized carbons (Fsp3) is 0.550. The molecule has 1 aliphatic rings. The topological polar surface area (TPSA) is 95.9 Å². The maximum Gasteiger partial charge on any atom is 1.00 e. The molecule has 1 aromatic rings. The molecule has 8 heteroatoms. The summed E-state index contributed by atoms with van der Waals surface area (Å²) < 4.78 is 5.14. The first kappa shape index (κ1) is 23.9. The first-order valence-electron chi connectivity index (χ1n) is 9.44. The number of nitrogens with zero attached hydrogens (tertiary/aromatic N) is 1. The fourth-order valence-corrected chi connectivity index (χ4v) is 3.38. The molecule has 1 heterocycles. The third-order valence-electron chi connectivity index (χ3n) is 4.78. The van der Waals surface area contributed by atoms with Gasteiger partial charge in [-0.05, 0) is 45.1 Å². The largest absolute Gasteiger partial charge is 1.00 e. The van der Waals surface area contributed by atoms with Crippen LogP contribution >= 0.6 is 0 Å². The molecule has 0 aromatic heterocycles. The third-order valence-corrected chi connectivity index (χ3v) is 4.78. The number of carbonyl (C=O) groups is 3. The Hall–Kier alpha value is -2.12. The molecule has 0 radical (unpaired) electrons. The maximum absolute atomic E-state index is 12.7. The van der Waals surface area contributed by atoms with E-state index in [0.29, 0.717) is 32.2 Å². The summed E-state index contributed by atoms with van der Waals surface area (Å²) in [5, 5.41) is 12.3. The van der Waals surface area contributed by atoms with E-state index in [1.54, 1.807) is 13.8 Å². The van der Waals surface area contributed by atoms with Gasteiger partial charge in [-0.1, -0.05) is 30.3 Å². The van der Waals surface area contributed by atoms with Crippen molar-refractivity contribution in [1.29, 1.82) is 0 Å². The summed E-state index contributed by atoms with van der Waals surface area (Å²) in [6.45, 7) is 4.09. The Morgan fingerprint density at radius 2 is 2.00 bits per heavy atom. The molecule has 3 atom stereocenters. The molecule has 1 amide bonds. The van der Waals surface area contributed by atoms with Crippen LogP contribution in [0.5, 0.6) is 0 Å². The van der Waals surface area contributed by atoms with Crippen LogP contribution in [-0.4, -0.2) is 59.1 Å². The zero-order chi connectivity index (χ0) is 19.8. The predicted octanol–water partition coefficient (Wildman–Crippen LogP) is -1.28. The van der Waals surface area contributed by atoms with E-state index in [4.69, 9.17) is 4.74 Å². The van der Waals surface area contributed by atoms with Gasteiger partial charge in [0.2, 0.25) is 5.91 Å². The minimum Gasteiger partial charge on any atom is -1.00 e. The standard InChI is InChI=1S/C20H28N2O5.ClH/c1-3-27-20(26)16(12-11-15-8-5-4-6-9-15)21-14(2)18(23)22-13-7-10-17(22)19(24)25;/h4-6,8-9,14,16-17,21H,3,7,10-13H2,1-2H3,(H,24,25);1H/t14-,16-,17-;/m0./s1. The van der Waals surface area contributed by atoms with E-state index in [0.717, 1.165) is 5.56 Å². The first-order valence-corrected chi connectivity index (χ1v) is 9.44. The van der Waals surface area contributed by atoms with Gasteiger partial charge in [0, 0.05) is 6.54 Å². The molecule has 0 spiro atoms. The van der Waals surface area contributed by atoms with Gasteiger partial charge in [-0.2, -0.15) is 0 Å². The van der Waals surface area contributed by atoms with Crippen LogP contribution in [0.3, 0.4) is 0 Å². The van der Waals surface area contributed by atoms with Crippen molar-refractivity contribution in [2.45, 2.75) is 57.7 Å². The molecule has 2 rings (SSSR count). The number of carboxylic acid groups (broad SMARTS) is 1. The fourth-order valence-electron chi connectivity index (χ4n) is 3.38. The van der Waals surface area contributed by atoms with E-state index in [9.17, 15) is 19.5 Å². The van der Waals surface area contributed by atoms with E-state index in [2.05, 4.69) is 5.32 Å². The Morgan fingerprint density at radius 1 is 1.32 bits per heavy atom. The highest BCUT2D eigenvalue weighted by Gasteiger charge is 2.36. The molecule has 156 valence electrons. The second-order valence-corrected chi connectivity index (χ2v) is 6.75. The van der Waals surface area contributed by atoms with Crippen molar-refractivity contribution >= 4 is 17.8 Å². The molecule has 0 aliphatic carbocycles. The summed E-state index contributed by atoms with van der Waals surface area (Å²) in [6.07, 6.45) is 2.29. The van der Waals surface area contributed by atoms with Crippen molar-refractivity contribution in [2.24, 2.45) is 0 Å². The second kappa shape index (κ2) is 11.7. The van der Waals surface area contributed by atoms with Gasteiger partial charge in [0.25, 0.3) is 0 Å². The number of nitrogens with one attached hydrogen (secondary N) is 1. The van der Waals surface area contributed by atoms with Gasteiger partial charge in [-0.3, -0.25) is 14.9 Å². The normalized spacial score (nSPS) is 18.1. The molecule has 1 fully saturated rings. The Labute approximate surface area is 173 Å². The van der Waals surface area contributed by atoms with Crippen LogP contribution in [0, 0.1) is 0 Å². The van der Waals surface area contributed by atoms with E-state index in [1.807, 2.05) is 30.3 Å². The van der Waals surface area contributed by atoms with Crippen LogP contribution in [0.15, 0.2) is 30.3 Å². The van der Waals surface area contributed by atoms with Crippen molar-refractivity contribution in [2.75, 3.05) is 13.2 Å². The number of rotatable bonds is 9. The lowest BCUT2D eigenvalue weighted by atomic mass is 10.0. The van der Waals surface area contributed by atoms with Gasteiger partial charge in [-0.25, -0.2) is 4.79 Å². The van der Waals surface area contributed by atoms with Crippen LogP contribution in [0.2, 0.25) is 0 Å². The van der Waals surface area contributed by atoms with Gasteiger partial charge < -0.3 is 27.2 Å². The monoisotopic (exact) mass is 412 g/mol. The lowest BCUT2D eigenvalue weighted by Gasteiger charge is -2.27. The summed E-state index contributed by atoms with van der Waals surface area (Å²) in [4.78, 5) is 37.7. The molecule has 2 N–H and O–H groups in total. The summed E-state index contributed by atoms with van der Waals surface area (Å²) >= 11 is 0. The molecule has 1 aliphatic heterocycles. The zero-order valence-corrected chi connectivity index (χ0v) is 17.0. The summed E-state index contributed by atoms with van der Waals surface area (Å²) in [5.74, 6) is -1.68. The lowest BCUT2D eigenvalue weighted by molar-refractivity contribution is -0.150. The Morgan fingerprint density at radius 3 is 2.61 bits per heavy atom. The van der Waals surface area contributed by atoms with Crippen LogP contribution in [0.25, 0.3) is 0 Å². The minimum absolute atomic E-state index is 0. The Bertz CT molecular complexity index is 662. The van der Waals surface area contributed by atoms with Gasteiger partial charge in [0.15, 0.2) is 0 Å². The number of hydrogen-bond donors (Lipinski definition) is 2. The smallest absolute Gasteiger partial charge is 1.00 e. The number of carboxylic acids is 1. The van der Waals surface area contributed by atoms with Crippen LogP contribution in [0.4, 0.5) is 0 Å². The van der Waals surface area contributed by atoms with E-state index in [-0.39, 0.29) is 26.3 Å². The summed E-state index contributed by atoms with van der Waals surface area (Å²) in [7, 11) is 0. The number of halogens is 1. The van der Waals surface area contributed by atoms with Crippen molar-refractivity contribution in [3.63, 3.8) is 0 Å². The SMILES string of the molecule is CCOC(=O)[C@H](CCc1ccccc1)N[C@@H](C)C(=O)N1CCC[C@H]1C(=O)O.[Cl-].[H+]. The number of likely N-dealkylation sites (tertiary alicyclic amines) is 1. The molecule has 0 bridgehead atoms. The molecular formula is C20H29ClN2O5. The molecular weight excluding hydrogens is 384 g/mol. The van der Waals surface area contributed by atoms with Crippen molar-refractivity contribution in [1.82, 2.24) is 10.2 Å². The second-order valence-electron chi connectivity index (χ2n) is 6.75. The molecule has 1 aromatic carbocycles. The molecule has 1 saturated heterocycles. The van der Waals surface area contributed by atoms with E-state index >= 15 is 0 Å². The quantitative estimate of drug-likeness (QED) is 0.490. The van der Waals surface area contributed by atoms with Gasteiger partial charge in [-0.15, -0.1) is 0 Å². The Balaban J connectivity index is 0.00000392. The summed E-state index contributed by atoms with van der Waals surface area (Å²) in [6, 6.07) is 7.69. The number of hydrogen-bond acceptors (Lipinski definition) is 5. The predicted molar refractivity (Wildman–Crippen MR) is 101 cm³/mol. The average Bonchev–Trinajstić information content (AvgIpc) is 3.15. The molecule has 0 unspecified atom stereocenters.